The molecule has 10 nitrogen and oxygen atoms in total. The van der Waals surface area contributed by atoms with Gasteiger partial charge in [-0.25, -0.2) is 28.2 Å². The van der Waals surface area contributed by atoms with E-state index in [1.54, 1.807) is 0 Å². The second-order valence-electron chi connectivity index (χ2n) is 16.6. The van der Waals surface area contributed by atoms with Crippen molar-refractivity contribution in [2.24, 2.45) is 0 Å². The molecule has 7 aromatic heterocycles. The van der Waals surface area contributed by atoms with Gasteiger partial charge in [0.25, 0.3) is 22.1 Å². The van der Waals surface area contributed by atoms with Crippen LogP contribution in [-0.2, 0) is 24.7 Å². The van der Waals surface area contributed by atoms with Crippen LogP contribution in [-0.4, -0.2) is 28.2 Å². The first-order valence-electron chi connectivity index (χ1n) is 19.0. The van der Waals surface area contributed by atoms with Crippen LogP contribution in [0, 0.1) is 0 Å². The molecule has 8 aliphatic rings. The van der Waals surface area contributed by atoms with Crippen molar-refractivity contribution < 1.29 is 18.3 Å². The topological polar surface area (TPSA) is 61.0 Å². The number of fused-ring (bicyclic) bond motifs is 5. The van der Waals surface area contributed by atoms with E-state index in [2.05, 4.69) is 134 Å². The number of hydrogen-bond donors (Lipinski definition) is 0. The lowest BCUT2D eigenvalue weighted by atomic mass is 9.97. The maximum Gasteiger partial charge on any atom is 0.554 e. The fourth-order valence-electron chi connectivity index (χ4n) is 13.5. The highest BCUT2D eigenvalue weighted by Gasteiger charge is 2.79. The molecule has 15 heterocycles. The Morgan fingerprint density at radius 3 is 1.15 bits per heavy atom. The molecule has 0 saturated heterocycles. The third-order valence-electron chi connectivity index (χ3n) is 14.9. The first-order chi connectivity index (χ1) is 26.8. The van der Waals surface area contributed by atoms with Crippen LogP contribution in [0.5, 0.6) is 0 Å². The first kappa shape index (κ1) is 23.4. The van der Waals surface area contributed by atoms with Crippen LogP contribution in [0.3, 0.4) is 0 Å². The molecule has 8 aliphatic heterocycles. The van der Waals surface area contributed by atoms with Crippen LogP contribution in [0.25, 0.3) is 111 Å². The van der Waals surface area contributed by atoms with Gasteiger partial charge in [0.1, 0.15) is 11.0 Å². The van der Waals surface area contributed by atoms with Gasteiger partial charge in [-0.3, -0.25) is 0 Å². The lowest BCUT2D eigenvalue weighted by Gasteiger charge is -2.38. The van der Waals surface area contributed by atoms with E-state index in [0.29, 0.717) is 0 Å². The van der Waals surface area contributed by atoms with Crippen molar-refractivity contribution >= 4 is 66.2 Å². The van der Waals surface area contributed by atoms with E-state index in [9.17, 15) is 0 Å². The lowest BCUT2D eigenvalue weighted by Crippen LogP contribution is -2.83. The fourth-order valence-corrected chi connectivity index (χ4v) is 13.5. The Morgan fingerprint density at radius 1 is 0.370 bits per heavy atom. The van der Waals surface area contributed by atoms with E-state index in [1.165, 1.54) is 101 Å². The van der Waals surface area contributed by atoms with Gasteiger partial charge in [-0.2, -0.15) is 0 Å². The van der Waals surface area contributed by atoms with E-state index in [-0.39, 0.29) is 0 Å². The number of hydrogen-bond acceptors (Lipinski definition) is 2. The molecule has 0 aliphatic carbocycles. The van der Waals surface area contributed by atoms with Crippen molar-refractivity contribution in [1.82, 2.24) is 28.2 Å². The summed E-state index contributed by atoms with van der Waals surface area (Å²) in [6.45, 7) is 0. The van der Waals surface area contributed by atoms with Crippen LogP contribution in [0.1, 0.15) is 22.8 Å². The summed E-state index contributed by atoms with van der Waals surface area (Å²) in [5, 5.41) is 0. The first-order valence-corrected chi connectivity index (χ1v) is 19.0. The van der Waals surface area contributed by atoms with E-state index in [1.807, 2.05) is 0 Å². The molecule has 2 atom stereocenters. The number of rotatable bonds is 0. The highest BCUT2D eigenvalue weighted by molar-refractivity contribution is 6.18. The molecule has 242 valence electrons. The van der Waals surface area contributed by atoms with Gasteiger partial charge < -0.3 is 0 Å². The number of para-hydroxylation sites is 2. The van der Waals surface area contributed by atoms with Crippen LogP contribution >= 0.6 is 0 Å². The molecule has 19 rings (SSSR count). The smallest absolute Gasteiger partial charge is 0.232 e. The maximum atomic E-state index is 5.72. The summed E-state index contributed by atoms with van der Waals surface area (Å²) in [6, 6.07) is 37.2. The van der Waals surface area contributed by atoms with Gasteiger partial charge in [0, 0.05) is 35.6 Å². The molecule has 2 spiro atoms. The average molecular weight is 689 g/mol. The molecule has 0 radical (unpaired) electrons. The zero-order valence-electron chi connectivity index (χ0n) is 28.1. The minimum atomic E-state index is -0.745. The van der Waals surface area contributed by atoms with Gasteiger partial charge in [0.2, 0.25) is 0 Å². The molecular formula is C44H20N10+4. The van der Waals surface area contributed by atoms with Crippen molar-refractivity contribution in [2.45, 2.75) is 24.7 Å². The average Bonchev–Trinajstić information content (AvgIpc) is 4.06. The van der Waals surface area contributed by atoms with Crippen molar-refractivity contribution in [3.05, 3.63) is 120 Å². The van der Waals surface area contributed by atoms with E-state index in [0.717, 1.165) is 45.9 Å². The van der Waals surface area contributed by atoms with Gasteiger partial charge >= 0.3 is 33.9 Å². The van der Waals surface area contributed by atoms with E-state index in [4.69, 9.17) is 9.97 Å². The third-order valence-corrected chi connectivity index (χ3v) is 14.9. The maximum absolute atomic E-state index is 5.72. The molecule has 0 saturated carbocycles. The minimum Gasteiger partial charge on any atom is -0.232 e. The highest BCUT2D eigenvalue weighted by atomic mass is 15.7. The molecule has 11 aromatic rings. The second-order valence-corrected chi connectivity index (χ2v) is 16.6. The molecule has 0 amide bonds. The summed E-state index contributed by atoms with van der Waals surface area (Å²) in [5.74, 6) is -1.49. The Bertz CT molecular complexity index is 3780. The van der Waals surface area contributed by atoms with Crippen LogP contribution in [0.4, 0.5) is 0 Å². The van der Waals surface area contributed by atoms with Crippen molar-refractivity contribution in [3.63, 3.8) is 0 Å². The molecule has 54 heavy (non-hydrogen) atoms. The Balaban J connectivity index is 1.26. The number of benzene rings is 4. The van der Waals surface area contributed by atoms with Crippen molar-refractivity contribution in [1.29, 1.82) is 0 Å². The summed E-state index contributed by atoms with van der Waals surface area (Å²) in [5.41, 5.74) is 29.0. The van der Waals surface area contributed by atoms with Gasteiger partial charge in [0.05, 0.1) is 45.0 Å². The minimum absolute atomic E-state index is 0.745. The molecule has 0 N–H and O–H groups in total. The van der Waals surface area contributed by atoms with E-state index < -0.39 is 11.8 Å². The molecule has 0 bridgehead atoms. The molecule has 0 unspecified atom stereocenters. The van der Waals surface area contributed by atoms with Gasteiger partial charge in [-0.15, -0.1) is 0 Å². The van der Waals surface area contributed by atoms with Crippen LogP contribution < -0.4 is 18.3 Å². The third kappa shape index (κ3) is 1.69. The Kier molecular flexibility index (Phi) is 2.73. The summed E-state index contributed by atoms with van der Waals surface area (Å²) < 4.78 is 21.6. The summed E-state index contributed by atoms with van der Waals surface area (Å²) >= 11 is 0. The Labute approximate surface area is 301 Å². The molecule has 0 fully saturated rings. The van der Waals surface area contributed by atoms with Crippen LogP contribution in [0.15, 0.2) is 97.1 Å². The van der Waals surface area contributed by atoms with Crippen LogP contribution in [0.2, 0.25) is 0 Å². The largest absolute Gasteiger partial charge is 0.554 e. The SMILES string of the molecule is c1cc2c3c(c1)nc1c4nc5cccc6c5[n+]5c4c4c7c1[n+]3[C@]13n8c(ccc8-2)Cc2ccc(n21)-c1ccc2c(c1[n+]73)[n+]4[C@@]51n3c(ccc3-6)Cc3ccc-2n31. The van der Waals surface area contributed by atoms with E-state index >= 15 is 0 Å². The van der Waals surface area contributed by atoms with Gasteiger partial charge in [-0.1, -0.05) is 30.4 Å². The normalized spacial score (nSPS) is 21.3. The Morgan fingerprint density at radius 2 is 0.741 bits per heavy atom. The zero-order valence-corrected chi connectivity index (χ0v) is 28.1. The monoisotopic (exact) mass is 688 g/mol. The molecule has 4 aromatic carbocycles. The molecular weight excluding hydrogens is 669 g/mol. The molecule has 10 heteroatoms. The summed E-state index contributed by atoms with van der Waals surface area (Å²) in [4.78, 5) is 11.4. The highest BCUT2D eigenvalue weighted by Crippen LogP contribution is 2.55. The Hall–Kier alpha value is -7.20. The van der Waals surface area contributed by atoms with Gasteiger partial charge in [-0.05, 0) is 84.9 Å². The van der Waals surface area contributed by atoms with Crippen molar-refractivity contribution in [3.8, 4) is 45.0 Å². The van der Waals surface area contributed by atoms with Crippen molar-refractivity contribution in [2.75, 3.05) is 0 Å². The summed E-state index contributed by atoms with van der Waals surface area (Å²) in [6.07, 6.45) is 1.75. The summed E-state index contributed by atoms with van der Waals surface area (Å²) in [7, 11) is 0. The quantitative estimate of drug-likeness (QED) is 0.134. The predicted octanol–water partition coefficient (Wildman–Crippen LogP) is 4.53. The fraction of sp³-hybridized carbons (Fsp3) is 0.0909. The number of aromatic nitrogens is 10. The lowest BCUT2D eigenvalue weighted by molar-refractivity contribution is -0.968. The van der Waals surface area contributed by atoms with Gasteiger partial charge in [0.15, 0.2) is 11.0 Å². The predicted molar refractivity (Wildman–Crippen MR) is 195 cm³/mol. The second kappa shape index (κ2) is 6.30. The standard InChI is InChI=1S/C44H20N10/c1-3-23-29-13-7-19-17-21-9-15-31-25-11-12-26-32-16-10-22-18-20-8-14-30-24-4-2-6-28-36(24)52-40-34(46-28)33-39-41-42(40)54(44(52,48(20)30)50(22)32)38(26)37(25)53(41)43(47(19)29,49(21)31)51(39)35(23)27(5-1)45-33/h1-16H,17-18H2/q+4/t43-,44+. The zero-order chi connectivity index (χ0) is 33.6. The number of nitrogens with zero attached hydrogens (tertiary/aromatic N) is 10.